The van der Waals surface area contributed by atoms with Crippen molar-refractivity contribution in [1.29, 1.82) is 0 Å². The summed E-state index contributed by atoms with van der Waals surface area (Å²) in [6.07, 6.45) is 5.78. The molecule has 0 amide bonds. The normalized spacial score (nSPS) is 11.0. The van der Waals surface area contributed by atoms with E-state index >= 15 is 0 Å². The number of hydrogen-bond donors (Lipinski definition) is 1. The van der Waals surface area contributed by atoms with Gasteiger partial charge in [0, 0.05) is 44.1 Å². The Morgan fingerprint density at radius 3 is 2.84 bits per heavy atom. The average molecular weight is 252 g/mol. The van der Waals surface area contributed by atoms with Crippen molar-refractivity contribution in [3.63, 3.8) is 0 Å². The first-order valence-corrected chi connectivity index (χ1v) is 6.34. The van der Waals surface area contributed by atoms with Gasteiger partial charge < -0.3 is 5.32 Å². The van der Waals surface area contributed by atoms with Crippen LogP contribution in [0.5, 0.6) is 0 Å². The Labute approximate surface area is 112 Å². The highest BCUT2D eigenvalue weighted by Crippen LogP contribution is 2.16. The maximum atomic E-state index is 4.34. The first-order valence-electron chi connectivity index (χ1n) is 6.34. The van der Waals surface area contributed by atoms with Crippen molar-refractivity contribution in [3.8, 4) is 0 Å². The topological polar surface area (TPSA) is 42.7 Å². The number of nitrogens with zero attached hydrogens (tertiary/aromatic N) is 3. The van der Waals surface area contributed by atoms with Gasteiger partial charge in [-0.05, 0) is 17.0 Å². The maximum absolute atomic E-state index is 4.34. The second kappa shape index (κ2) is 5.20. The third-order valence-corrected chi connectivity index (χ3v) is 3.14. The molecular weight excluding hydrogens is 236 g/mol. The Balaban J connectivity index is 1.71. The van der Waals surface area contributed by atoms with Crippen molar-refractivity contribution in [2.75, 3.05) is 0 Å². The van der Waals surface area contributed by atoms with Gasteiger partial charge in [0.05, 0.1) is 5.69 Å². The predicted molar refractivity (Wildman–Crippen MR) is 75.5 cm³/mol. The molecule has 0 unspecified atom stereocenters. The highest BCUT2D eigenvalue weighted by molar-refractivity contribution is 5.84. The Hall–Kier alpha value is -2.20. The number of aryl methyl sites for hydroxylation is 1. The van der Waals surface area contributed by atoms with Crippen LogP contribution in [0.25, 0.3) is 10.8 Å². The quantitative estimate of drug-likeness (QED) is 0.774. The van der Waals surface area contributed by atoms with Crippen LogP contribution in [0.3, 0.4) is 0 Å². The maximum Gasteiger partial charge on any atom is 0.0762 e. The zero-order valence-corrected chi connectivity index (χ0v) is 10.9. The van der Waals surface area contributed by atoms with E-state index in [0.717, 1.165) is 18.8 Å². The lowest BCUT2D eigenvalue weighted by Gasteiger charge is -2.06. The average Bonchev–Trinajstić information content (AvgIpc) is 2.85. The molecule has 1 aromatic carbocycles. The van der Waals surface area contributed by atoms with Crippen molar-refractivity contribution in [2.24, 2.45) is 7.05 Å². The summed E-state index contributed by atoms with van der Waals surface area (Å²) in [4.78, 5) is 4.28. The molecular formula is C15H16N4. The number of benzene rings is 1. The van der Waals surface area contributed by atoms with Gasteiger partial charge in [-0.1, -0.05) is 24.3 Å². The molecule has 0 fully saturated rings. The van der Waals surface area contributed by atoms with E-state index in [2.05, 4.69) is 33.6 Å². The lowest BCUT2D eigenvalue weighted by Crippen LogP contribution is -2.13. The molecule has 96 valence electrons. The molecule has 0 saturated carbocycles. The number of fused-ring (bicyclic) bond motifs is 1. The number of rotatable bonds is 4. The summed E-state index contributed by atoms with van der Waals surface area (Å²) >= 11 is 0. The molecule has 19 heavy (non-hydrogen) atoms. The van der Waals surface area contributed by atoms with E-state index in [9.17, 15) is 0 Å². The van der Waals surface area contributed by atoms with E-state index in [1.165, 1.54) is 16.3 Å². The molecule has 3 rings (SSSR count). The summed E-state index contributed by atoms with van der Waals surface area (Å²) in [5, 5.41) is 10.2. The number of nitrogens with one attached hydrogen (secondary N) is 1. The lowest BCUT2D eigenvalue weighted by atomic mass is 10.1. The molecule has 3 aromatic rings. The van der Waals surface area contributed by atoms with Gasteiger partial charge in [-0.25, -0.2) is 0 Å². The van der Waals surface area contributed by atoms with Crippen LogP contribution in [0, 0.1) is 0 Å². The molecule has 0 bridgehead atoms. The third kappa shape index (κ3) is 2.63. The van der Waals surface area contributed by atoms with Crippen LogP contribution in [-0.2, 0) is 20.1 Å². The molecule has 0 aliphatic rings. The Kier molecular flexibility index (Phi) is 3.25. The zero-order valence-electron chi connectivity index (χ0n) is 10.9. The van der Waals surface area contributed by atoms with Gasteiger partial charge in [-0.2, -0.15) is 5.10 Å². The van der Waals surface area contributed by atoms with E-state index in [0.29, 0.717) is 0 Å². The molecule has 0 aliphatic carbocycles. The van der Waals surface area contributed by atoms with Crippen molar-refractivity contribution >= 4 is 10.8 Å². The number of aromatic nitrogens is 3. The van der Waals surface area contributed by atoms with Gasteiger partial charge in [0.15, 0.2) is 0 Å². The molecule has 0 saturated heterocycles. The van der Waals surface area contributed by atoms with Crippen molar-refractivity contribution in [2.45, 2.75) is 13.1 Å². The van der Waals surface area contributed by atoms with Gasteiger partial charge >= 0.3 is 0 Å². The molecule has 0 atom stereocenters. The minimum Gasteiger partial charge on any atom is -0.307 e. The molecule has 0 aliphatic heterocycles. The van der Waals surface area contributed by atoms with Crippen LogP contribution >= 0.6 is 0 Å². The van der Waals surface area contributed by atoms with Gasteiger partial charge in [-0.15, -0.1) is 0 Å². The summed E-state index contributed by atoms with van der Waals surface area (Å²) in [6.45, 7) is 1.56. The molecule has 4 nitrogen and oxygen atoms in total. The lowest BCUT2D eigenvalue weighted by molar-refractivity contribution is 0.657. The summed E-state index contributed by atoms with van der Waals surface area (Å²) in [7, 11) is 1.93. The van der Waals surface area contributed by atoms with Gasteiger partial charge in [-0.3, -0.25) is 9.67 Å². The number of hydrogen-bond acceptors (Lipinski definition) is 3. The second-order valence-corrected chi connectivity index (χ2v) is 4.60. The van der Waals surface area contributed by atoms with Crippen molar-refractivity contribution in [1.82, 2.24) is 20.1 Å². The Bertz CT molecular complexity index is 682. The zero-order chi connectivity index (χ0) is 13.1. The second-order valence-electron chi connectivity index (χ2n) is 4.60. The van der Waals surface area contributed by atoms with E-state index in [1.54, 1.807) is 0 Å². The summed E-state index contributed by atoms with van der Waals surface area (Å²) < 4.78 is 1.82. The minimum absolute atomic E-state index is 0.768. The monoisotopic (exact) mass is 252 g/mol. The highest BCUT2D eigenvalue weighted by atomic mass is 15.3. The van der Waals surface area contributed by atoms with Crippen LogP contribution < -0.4 is 5.32 Å². The van der Waals surface area contributed by atoms with Crippen LogP contribution in [0.1, 0.15) is 11.3 Å². The predicted octanol–water partition coefficient (Wildman–Crippen LogP) is 2.26. The molecule has 1 N–H and O–H groups in total. The molecule has 4 heteroatoms. The summed E-state index contributed by atoms with van der Waals surface area (Å²) in [5.41, 5.74) is 2.27. The van der Waals surface area contributed by atoms with Crippen LogP contribution in [0.2, 0.25) is 0 Å². The van der Waals surface area contributed by atoms with Crippen LogP contribution in [-0.4, -0.2) is 14.8 Å². The third-order valence-electron chi connectivity index (χ3n) is 3.14. The fourth-order valence-electron chi connectivity index (χ4n) is 2.20. The highest BCUT2D eigenvalue weighted by Gasteiger charge is 2.01. The molecule has 0 radical (unpaired) electrons. The largest absolute Gasteiger partial charge is 0.307 e. The first kappa shape index (κ1) is 11.9. The minimum atomic E-state index is 0.768. The molecule has 0 spiro atoms. The standard InChI is InChI=1S/C15H16N4/c1-19-7-6-14(18-19)11-17-10-13-9-16-8-12-4-2-3-5-15(12)13/h2-9,17H,10-11H2,1H3. The van der Waals surface area contributed by atoms with E-state index in [1.807, 2.05) is 42.5 Å². The van der Waals surface area contributed by atoms with Crippen molar-refractivity contribution < 1.29 is 0 Å². The van der Waals surface area contributed by atoms with E-state index in [-0.39, 0.29) is 0 Å². The fourth-order valence-corrected chi connectivity index (χ4v) is 2.20. The van der Waals surface area contributed by atoms with E-state index < -0.39 is 0 Å². The Morgan fingerprint density at radius 2 is 2.00 bits per heavy atom. The van der Waals surface area contributed by atoms with Gasteiger partial charge in [0.2, 0.25) is 0 Å². The molecule has 2 aromatic heterocycles. The summed E-state index contributed by atoms with van der Waals surface area (Å²) in [5.74, 6) is 0. The van der Waals surface area contributed by atoms with Gasteiger partial charge in [0.25, 0.3) is 0 Å². The van der Waals surface area contributed by atoms with Crippen LogP contribution in [0.4, 0.5) is 0 Å². The van der Waals surface area contributed by atoms with Gasteiger partial charge in [0.1, 0.15) is 0 Å². The molecule has 2 heterocycles. The fraction of sp³-hybridized carbons (Fsp3) is 0.200. The first-order chi connectivity index (χ1) is 9.33. The van der Waals surface area contributed by atoms with Crippen molar-refractivity contribution in [3.05, 3.63) is 60.2 Å². The van der Waals surface area contributed by atoms with E-state index in [4.69, 9.17) is 0 Å². The SMILES string of the molecule is Cn1ccc(CNCc2cncc3ccccc23)n1. The number of pyridine rings is 1. The Morgan fingerprint density at radius 1 is 1.11 bits per heavy atom. The summed E-state index contributed by atoms with van der Waals surface area (Å²) in [6, 6.07) is 10.3. The van der Waals surface area contributed by atoms with Crippen LogP contribution in [0.15, 0.2) is 48.9 Å². The smallest absolute Gasteiger partial charge is 0.0762 e.